The monoisotopic (exact) mass is 445 g/mol. The van der Waals surface area contributed by atoms with Crippen molar-refractivity contribution in [3.05, 3.63) is 48.0 Å². The van der Waals surface area contributed by atoms with Gasteiger partial charge in [0.25, 0.3) is 0 Å². The van der Waals surface area contributed by atoms with E-state index in [1.165, 1.54) is 14.2 Å². The highest BCUT2D eigenvalue weighted by molar-refractivity contribution is 5.93. The molecule has 0 aliphatic rings. The quantitative estimate of drug-likeness (QED) is 0.573. The van der Waals surface area contributed by atoms with Crippen molar-refractivity contribution in [1.82, 2.24) is 0 Å². The van der Waals surface area contributed by atoms with Crippen LogP contribution in [0.3, 0.4) is 0 Å². The van der Waals surface area contributed by atoms with Crippen molar-refractivity contribution in [2.45, 2.75) is 39.4 Å². The van der Waals surface area contributed by atoms with Gasteiger partial charge in [-0.2, -0.15) is 0 Å². The standard InChI is InChI=1S/C24H31NO7/c1-15(22(26)25-17-9-11-18(28-5)12-10-17)21(31-23(27)32-24(2,3)4)16-8-13-19(29-6)20(14-16)30-7/h8-15,21H,1-7H3,(H,25,26)/t15-,21+/m0/s1. The van der Waals surface area contributed by atoms with E-state index in [0.29, 0.717) is 28.5 Å². The fourth-order valence-electron chi connectivity index (χ4n) is 2.93. The van der Waals surface area contributed by atoms with Gasteiger partial charge in [0.15, 0.2) is 11.5 Å². The van der Waals surface area contributed by atoms with Crippen LogP contribution in [0.2, 0.25) is 0 Å². The minimum Gasteiger partial charge on any atom is -0.497 e. The first-order valence-electron chi connectivity index (χ1n) is 10.1. The Labute approximate surface area is 188 Å². The SMILES string of the molecule is COc1ccc(NC(=O)[C@@H](C)[C@@H](OC(=O)OC(C)(C)C)c2ccc(OC)c(OC)c2)cc1. The third-order valence-corrected chi connectivity index (χ3v) is 4.57. The maximum absolute atomic E-state index is 13.0. The van der Waals surface area contributed by atoms with E-state index < -0.39 is 23.8 Å². The van der Waals surface area contributed by atoms with E-state index in [1.807, 2.05) is 0 Å². The summed E-state index contributed by atoms with van der Waals surface area (Å²) in [5.74, 6) is 0.557. The van der Waals surface area contributed by atoms with Gasteiger partial charge in [0.1, 0.15) is 17.5 Å². The summed E-state index contributed by atoms with van der Waals surface area (Å²) in [5, 5.41) is 2.83. The molecule has 0 spiro atoms. The first-order chi connectivity index (χ1) is 15.1. The van der Waals surface area contributed by atoms with Gasteiger partial charge in [-0.3, -0.25) is 4.79 Å². The highest BCUT2D eigenvalue weighted by atomic mass is 16.7. The lowest BCUT2D eigenvalue weighted by Crippen LogP contribution is -2.31. The molecular weight excluding hydrogens is 414 g/mol. The lowest BCUT2D eigenvalue weighted by Gasteiger charge is -2.26. The van der Waals surface area contributed by atoms with Crippen molar-refractivity contribution in [1.29, 1.82) is 0 Å². The first kappa shape index (κ1) is 24.8. The molecule has 0 aliphatic heterocycles. The Balaban J connectivity index is 2.31. The minimum absolute atomic E-state index is 0.335. The fourth-order valence-corrected chi connectivity index (χ4v) is 2.93. The van der Waals surface area contributed by atoms with Gasteiger partial charge in [0, 0.05) is 5.69 Å². The highest BCUT2D eigenvalue weighted by Gasteiger charge is 2.32. The van der Waals surface area contributed by atoms with E-state index in [0.717, 1.165) is 0 Å². The fraction of sp³-hybridized carbons (Fsp3) is 0.417. The Morgan fingerprint density at radius 3 is 2.03 bits per heavy atom. The topological polar surface area (TPSA) is 92.3 Å². The third-order valence-electron chi connectivity index (χ3n) is 4.57. The van der Waals surface area contributed by atoms with E-state index in [2.05, 4.69) is 5.32 Å². The molecule has 32 heavy (non-hydrogen) atoms. The molecule has 0 saturated carbocycles. The number of carbonyl (C=O) groups excluding carboxylic acids is 2. The van der Waals surface area contributed by atoms with Gasteiger partial charge in [0.05, 0.1) is 27.2 Å². The van der Waals surface area contributed by atoms with Crippen LogP contribution in [0.5, 0.6) is 17.2 Å². The van der Waals surface area contributed by atoms with Gasteiger partial charge in [-0.05, 0) is 69.7 Å². The Kier molecular flexibility index (Phi) is 8.34. The number of ether oxygens (including phenoxy) is 5. The zero-order valence-corrected chi connectivity index (χ0v) is 19.6. The summed E-state index contributed by atoms with van der Waals surface area (Å²) in [4.78, 5) is 25.4. The molecule has 0 fully saturated rings. The highest BCUT2D eigenvalue weighted by Crippen LogP contribution is 2.35. The molecule has 2 aromatic carbocycles. The van der Waals surface area contributed by atoms with Crippen molar-refractivity contribution in [3.63, 3.8) is 0 Å². The largest absolute Gasteiger partial charge is 0.509 e. The molecule has 174 valence electrons. The van der Waals surface area contributed by atoms with Crippen molar-refractivity contribution in [2.75, 3.05) is 26.6 Å². The Morgan fingerprint density at radius 2 is 1.50 bits per heavy atom. The second kappa shape index (κ2) is 10.7. The Bertz CT molecular complexity index is 919. The molecule has 2 atom stereocenters. The predicted molar refractivity (Wildman–Crippen MR) is 120 cm³/mol. The van der Waals surface area contributed by atoms with Gasteiger partial charge in [-0.25, -0.2) is 4.79 Å². The van der Waals surface area contributed by atoms with Crippen LogP contribution in [-0.4, -0.2) is 39.0 Å². The molecule has 1 N–H and O–H groups in total. The van der Waals surface area contributed by atoms with Crippen LogP contribution in [-0.2, 0) is 14.3 Å². The molecule has 0 bridgehead atoms. The van der Waals surface area contributed by atoms with E-state index in [-0.39, 0.29) is 5.91 Å². The molecule has 0 heterocycles. The van der Waals surface area contributed by atoms with E-state index in [4.69, 9.17) is 23.7 Å². The molecule has 2 aromatic rings. The maximum atomic E-state index is 13.0. The van der Waals surface area contributed by atoms with Gasteiger partial charge >= 0.3 is 6.16 Å². The summed E-state index contributed by atoms with van der Waals surface area (Å²) in [6.07, 6.45) is -1.80. The summed E-state index contributed by atoms with van der Waals surface area (Å²) >= 11 is 0. The van der Waals surface area contributed by atoms with Crippen LogP contribution in [0.4, 0.5) is 10.5 Å². The van der Waals surface area contributed by atoms with E-state index in [9.17, 15) is 9.59 Å². The average Bonchev–Trinajstić information content (AvgIpc) is 2.75. The summed E-state index contributed by atoms with van der Waals surface area (Å²) in [6, 6.07) is 12.0. The first-order valence-corrected chi connectivity index (χ1v) is 10.1. The molecule has 0 radical (unpaired) electrons. The van der Waals surface area contributed by atoms with Crippen molar-refractivity contribution >= 4 is 17.7 Å². The van der Waals surface area contributed by atoms with Crippen LogP contribution in [0.25, 0.3) is 0 Å². The van der Waals surface area contributed by atoms with Gasteiger partial charge in [-0.15, -0.1) is 0 Å². The Morgan fingerprint density at radius 1 is 0.875 bits per heavy atom. The number of amides is 1. The molecule has 1 amide bonds. The van der Waals surface area contributed by atoms with Crippen LogP contribution in [0, 0.1) is 5.92 Å². The van der Waals surface area contributed by atoms with Gasteiger partial charge in [-0.1, -0.05) is 6.07 Å². The second-order valence-corrected chi connectivity index (χ2v) is 8.12. The van der Waals surface area contributed by atoms with Crippen LogP contribution >= 0.6 is 0 Å². The zero-order chi connectivity index (χ0) is 23.9. The van der Waals surface area contributed by atoms with Crippen molar-refractivity contribution < 1.29 is 33.3 Å². The number of hydrogen-bond donors (Lipinski definition) is 1. The van der Waals surface area contributed by atoms with Gasteiger partial charge in [0.2, 0.25) is 5.91 Å². The molecule has 0 aliphatic carbocycles. The average molecular weight is 446 g/mol. The minimum atomic E-state index is -0.928. The van der Waals surface area contributed by atoms with Crippen LogP contribution in [0.15, 0.2) is 42.5 Å². The number of nitrogens with one attached hydrogen (secondary N) is 1. The summed E-state index contributed by atoms with van der Waals surface area (Å²) < 4.78 is 26.7. The molecule has 0 aromatic heterocycles. The van der Waals surface area contributed by atoms with Crippen LogP contribution in [0.1, 0.15) is 39.4 Å². The number of hydrogen-bond acceptors (Lipinski definition) is 7. The molecule has 8 nitrogen and oxygen atoms in total. The van der Waals surface area contributed by atoms with E-state index >= 15 is 0 Å². The molecular formula is C24H31NO7. The number of anilines is 1. The molecule has 2 rings (SSSR count). The molecule has 8 heteroatoms. The summed E-state index contributed by atoms with van der Waals surface area (Å²) in [5.41, 5.74) is 0.408. The van der Waals surface area contributed by atoms with Crippen LogP contribution < -0.4 is 19.5 Å². The smallest absolute Gasteiger partial charge is 0.497 e. The van der Waals surface area contributed by atoms with Crippen molar-refractivity contribution in [2.24, 2.45) is 5.92 Å². The number of benzene rings is 2. The summed E-state index contributed by atoms with van der Waals surface area (Å²) in [7, 11) is 4.60. The number of rotatable bonds is 8. The maximum Gasteiger partial charge on any atom is 0.509 e. The van der Waals surface area contributed by atoms with Crippen molar-refractivity contribution in [3.8, 4) is 17.2 Å². The molecule has 0 unspecified atom stereocenters. The van der Waals surface area contributed by atoms with E-state index in [1.54, 1.807) is 77.3 Å². The normalized spacial score (nSPS) is 12.8. The number of carbonyl (C=O) groups is 2. The zero-order valence-electron chi connectivity index (χ0n) is 19.6. The van der Waals surface area contributed by atoms with Gasteiger partial charge < -0.3 is 29.0 Å². The third kappa shape index (κ3) is 6.80. The lowest BCUT2D eigenvalue weighted by atomic mass is 9.95. The second-order valence-electron chi connectivity index (χ2n) is 8.12. The Hall–Kier alpha value is -3.42. The number of methoxy groups -OCH3 is 3. The molecule has 0 saturated heterocycles. The lowest BCUT2D eigenvalue weighted by molar-refractivity contribution is -0.124. The summed E-state index contributed by atoms with van der Waals surface area (Å²) in [6.45, 7) is 6.88. The predicted octanol–water partition coefficient (Wildman–Crippen LogP) is 4.98.